The molecule has 2 rings (SSSR count). The highest BCUT2D eigenvalue weighted by molar-refractivity contribution is 7.86. The first-order valence-electron chi connectivity index (χ1n) is 6.57. The van der Waals surface area contributed by atoms with Gasteiger partial charge >= 0.3 is 0 Å². The van der Waals surface area contributed by atoms with Gasteiger partial charge in [0, 0.05) is 0 Å². The van der Waals surface area contributed by atoms with Gasteiger partial charge in [0.2, 0.25) is 0 Å². The van der Waals surface area contributed by atoms with Crippen LogP contribution in [0.25, 0.3) is 0 Å². The average molecular weight is 334 g/mol. The summed E-state index contributed by atoms with van der Waals surface area (Å²) < 4.78 is 33.9. The van der Waals surface area contributed by atoms with Crippen LogP contribution in [0.1, 0.15) is 5.56 Å². The largest absolute Gasteiger partial charge is 0.394 e. The fraction of sp³-hybridized carbons (Fsp3) is 0.538. The van der Waals surface area contributed by atoms with E-state index in [-0.39, 0.29) is 4.90 Å². The van der Waals surface area contributed by atoms with Gasteiger partial charge in [-0.15, -0.1) is 0 Å². The molecule has 1 saturated heterocycles. The summed E-state index contributed by atoms with van der Waals surface area (Å²) in [4.78, 5) is -0.156. The van der Waals surface area contributed by atoms with Crippen LogP contribution in [0.2, 0.25) is 0 Å². The van der Waals surface area contributed by atoms with Crippen molar-refractivity contribution < 1.29 is 37.8 Å². The Balaban J connectivity index is 2.20. The van der Waals surface area contributed by atoms with E-state index >= 15 is 0 Å². The van der Waals surface area contributed by atoms with Gasteiger partial charge in [0.25, 0.3) is 10.1 Å². The quantitative estimate of drug-likeness (QED) is 0.489. The molecule has 124 valence electrons. The van der Waals surface area contributed by atoms with Crippen LogP contribution in [0, 0.1) is 6.92 Å². The molecule has 4 N–H and O–H groups in total. The number of rotatable bonds is 4. The van der Waals surface area contributed by atoms with Gasteiger partial charge in [-0.2, -0.15) is 8.42 Å². The smallest absolute Gasteiger partial charge is 0.297 e. The number of hydrogen-bond acceptors (Lipinski definition) is 8. The maximum Gasteiger partial charge on any atom is 0.297 e. The molecule has 0 aliphatic carbocycles. The fourth-order valence-corrected chi connectivity index (χ4v) is 3.16. The summed E-state index contributed by atoms with van der Waals surface area (Å²) in [5.74, 6) is 0. The standard InChI is InChI=1S/C13H18O8S/c1-7-2-4-8(5-3-7)22(18,19)21-12-11(16)10(15)9(6-14)20-13(12)17/h2-5,9-17H,6H2,1H3/t9-,10-,11+,12-,13-/m0/s1. The predicted octanol–water partition coefficient (Wildman–Crippen LogP) is -1.50. The van der Waals surface area contributed by atoms with Crippen LogP contribution in [0.15, 0.2) is 29.2 Å². The van der Waals surface area contributed by atoms with E-state index in [1.807, 2.05) is 0 Å². The number of aryl methyl sites for hydroxylation is 1. The van der Waals surface area contributed by atoms with Crippen molar-refractivity contribution in [2.45, 2.75) is 42.5 Å². The lowest BCUT2D eigenvalue weighted by atomic mass is 9.99. The van der Waals surface area contributed by atoms with Crippen molar-refractivity contribution in [2.75, 3.05) is 6.61 Å². The van der Waals surface area contributed by atoms with E-state index in [9.17, 15) is 23.7 Å². The molecule has 9 heteroatoms. The first-order valence-corrected chi connectivity index (χ1v) is 7.97. The highest BCUT2D eigenvalue weighted by Gasteiger charge is 2.46. The van der Waals surface area contributed by atoms with Crippen LogP contribution in [0.4, 0.5) is 0 Å². The number of aliphatic hydroxyl groups excluding tert-OH is 4. The van der Waals surface area contributed by atoms with Gasteiger partial charge in [-0.05, 0) is 19.1 Å². The highest BCUT2D eigenvalue weighted by atomic mass is 32.2. The monoisotopic (exact) mass is 334 g/mol. The number of aliphatic hydroxyl groups is 4. The topological polar surface area (TPSA) is 134 Å². The molecule has 1 aromatic carbocycles. The number of hydrogen-bond donors (Lipinski definition) is 4. The minimum Gasteiger partial charge on any atom is -0.394 e. The van der Waals surface area contributed by atoms with Gasteiger partial charge in [-0.3, -0.25) is 4.18 Å². The van der Waals surface area contributed by atoms with E-state index in [2.05, 4.69) is 0 Å². The molecule has 0 aromatic heterocycles. The molecule has 0 unspecified atom stereocenters. The Hall–Kier alpha value is -1.07. The fourth-order valence-electron chi connectivity index (χ4n) is 2.08. The lowest BCUT2D eigenvalue weighted by Gasteiger charge is -2.39. The Labute approximate surface area is 127 Å². The summed E-state index contributed by atoms with van der Waals surface area (Å²) in [6.07, 6.45) is -8.07. The van der Waals surface area contributed by atoms with E-state index in [1.165, 1.54) is 12.1 Å². The molecule has 8 nitrogen and oxygen atoms in total. The summed E-state index contributed by atoms with van der Waals surface area (Å²) in [5, 5.41) is 38.3. The Kier molecular flexibility index (Phi) is 5.17. The Morgan fingerprint density at radius 2 is 1.73 bits per heavy atom. The van der Waals surface area contributed by atoms with Gasteiger partial charge in [0.1, 0.15) is 18.3 Å². The van der Waals surface area contributed by atoms with Gasteiger partial charge in [0.05, 0.1) is 11.5 Å². The van der Waals surface area contributed by atoms with Gasteiger partial charge in [-0.1, -0.05) is 17.7 Å². The summed E-state index contributed by atoms with van der Waals surface area (Å²) in [6.45, 7) is 1.14. The third kappa shape index (κ3) is 3.46. The minimum absolute atomic E-state index is 0.156. The molecule has 22 heavy (non-hydrogen) atoms. The molecule has 5 atom stereocenters. The molecular weight excluding hydrogens is 316 g/mol. The minimum atomic E-state index is -4.26. The SMILES string of the molecule is Cc1ccc(S(=O)(=O)O[C@H]2[C@H](O)[C@@H](O)[C@H](CO)O[C@@H]2O)cc1. The van der Waals surface area contributed by atoms with E-state index in [4.69, 9.17) is 14.0 Å². The molecule has 0 bridgehead atoms. The van der Waals surface area contributed by atoms with E-state index in [0.717, 1.165) is 5.56 Å². The Bertz CT molecular complexity index is 599. The van der Waals surface area contributed by atoms with Crippen LogP contribution in [0.5, 0.6) is 0 Å². The third-order valence-electron chi connectivity index (χ3n) is 3.39. The molecule has 0 spiro atoms. The van der Waals surface area contributed by atoms with Crippen molar-refractivity contribution in [2.24, 2.45) is 0 Å². The zero-order chi connectivity index (χ0) is 16.5. The van der Waals surface area contributed by atoms with Crippen molar-refractivity contribution in [3.63, 3.8) is 0 Å². The molecule has 0 saturated carbocycles. The van der Waals surface area contributed by atoms with Crippen LogP contribution >= 0.6 is 0 Å². The second-order valence-corrected chi connectivity index (χ2v) is 6.63. The molecule has 0 amide bonds. The summed E-state index contributed by atoms with van der Waals surface area (Å²) in [5.41, 5.74) is 0.848. The highest BCUT2D eigenvalue weighted by Crippen LogP contribution is 2.25. The van der Waals surface area contributed by atoms with Crippen LogP contribution in [-0.2, 0) is 19.0 Å². The van der Waals surface area contributed by atoms with E-state index < -0.39 is 47.4 Å². The normalized spacial score (nSPS) is 32.9. The maximum absolute atomic E-state index is 12.1. The van der Waals surface area contributed by atoms with Gasteiger partial charge in [-0.25, -0.2) is 0 Å². The average Bonchev–Trinajstić information content (AvgIpc) is 2.48. The summed E-state index contributed by atoms with van der Waals surface area (Å²) in [7, 11) is -4.26. The van der Waals surface area contributed by atoms with E-state index in [1.54, 1.807) is 19.1 Å². The van der Waals surface area contributed by atoms with Crippen molar-refractivity contribution in [3.05, 3.63) is 29.8 Å². The zero-order valence-electron chi connectivity index (χ0n) is 11.7. The van der Waals surface area contributed by atoms with Gasteiger partial charge in [0.15, 0.2) is 12.4 Å². The van der Waals surface area contributed by atoms with E-state index in [0.29, 0.717) is 0 Å². The first kappa shape index (κ1) is 17.3. The Morgan fingerprint density at radius 3 is 2.27 bits per heavy atom. The first-order chi connectivity index (χ1) is 10.3. The zero-order valence-corrected chi connectivity index (χ0v) is 12.5. The van der Waals surface area contributed by atoms with Crippen LogP contribution < -0.4 is 0 Å². The lowest BCUT2D eigenvalue weighted by Crippen LogP contribution is -2.59. The molecule has 1 heterocycles. The molecule has 1 fully saturated rings. The molecule has 0 radical (unpaired) electrons. The lowest BCUT2D eigenvalue weighted by molar-refractivity contribution is -0.279. The maximum atomic E-state index is 12.1. The van der Waals surface area contributed by atoms with Crippen LogP contribution in [0.3, 0.4) is 0 Å². The van der Waals surface area contributed by atoms with Crippen LogP contribution in [-0.4, -0.2) is 66.2 Å². The molecule has 1 aliphatic heterocycles. The van der Waals surface area contributed by atoms with Crippen molar-refractivity contribution in [1.82, 2.24) is 0 Å². The van der Waals surface area contributed by atoms with Crippen molar-refractivity contribution in [1.29, 1.82) is 0 Å². The third-order valence-corrected chi connectivity index (χ3v) is 4.72. The van der Waals surface area contributed by atoms with Crippen molar-refractivity contribution in [3.8, 4) is 0 Å². The van der Waals surface area contributed by atoms with Crippen molar-refractivity contribution >= 4 is 10.1 Å². The number of ether oxygens (including phenoxy) is 1. The predicted molar refractivity (Wildman–Crippen MR) is 73.2 cm³/mol. The Morgan fingerprint density at radius 1 is 1.14 bits per heavy atom. The number of benzene rings is 1. The second kappa shape index (κ2) is 6.59. The molecule has 1 aliphatic rings. The second-order valence-electron chi connectivity index (χ2n) is 5.06. The molecular formula is C13H18O8S. The summed E-state index contributed by atoms with van der Waals surface area (Å²) in [6, 6.07) is 5.77. The van der Waals surface area contributed by atoms with Gasteiger partial charge < -0.3 is 25.2 Å². The summed E-state index contributed by atoms with van der Waals surface area (Å²) >= 11 is 0. The molecule has 1 aromatic rings.